The van der Waals surface area contributed by atoms with Crippen molar-refractivity contribution in [1.29, 1.82) is 0 Å². The molecule has 2 aliphatic rings. The largest absolute Gasteiger partial charge is 0.293 e. The van der Waals surface area contributed by atoms with Gasteiger partial charge in [-0.15, -0.1) is 0 Å². The molecule has 2 rings (SSSR count). The zero-order chi connectivity index (χ0) is 16.9. The van der Waals surface area contributed by atoms with Gasteiger partial charge in [-0.1, -0.05) is 13.0 Å². The second-order valence-electron chi connectivity index (χ2n) is 8.11. The van der Waals surface area contributed by atoms with Crippen molar-refractivity contribution in [3.63, 3.8) is 0 Å². The van der Waals surface area contributed by atoms with Gasteiger partial charge < -0.3 is 0 Å². The first-order chi connectivity index (χ1) is 9.85. The minimum atomic E-state index is -0.419. The van der Waals surface area contributed by atoms with Gasteiger partial charge in [-0.25, -0.2) is 0 Å². The third-order valence-electron chi connectivity index (χ3n) is 4.31. The predicted molar refractivity (Wildman–Crippen MR) is 89.8 cm³/mol. The maximum atomic E-state index is 12.5. The van der Waals surface area contributed by atoms with Crippen molar-refractivity contribution >= 4 is 23.0 Å². The van der Waals surface area contributed by atoms with Crippen LogP contribution in [0.25, 0.3) is 0 Å². The number of dihydropyridines is 1. The fraction of sp³-hybridized carbons (Fsp3) is 0.667. The highest BCUT2D eigenvalue weighted by atomic mass is 16.1. The SMILES string of the molecule is CC(=O)C1=NC(C)(C)CC1(C)CC1=NC(C)(C)C=C(C)C1=O. The second kappa shape index (κ2) is 4.97. The predicted octanol–water partition coefficient (Wildman–Crippen LogP) is 3.34. The molecule has 1 atom stereocenters. The molecule has 0 saturated carbocycles. The first-order valence-corrected chi connectivity index (χ1v) is 7.79. The quantitative estimate of drug-likeness (QED) is 0.802. The van der Waals surface area contributed by atoms with Gasteiger partial charge in [-0.3, -0.25) is 19.6 Å². The molecule has 0 aromatic rings. The van der Waals surface area contributed by atoms with E-state index in [2.05, 4.69) is 9.98 Å². The summed E-state index contributed by atoms with van der Waals surface area (Å²) in [6.07, 6.45) is 3.13. The summed E-state index contributed by atoms with van der Waals surface area (Å²) in [5, 5.41) is 0. The smallest absolute Gasteiger partial charge is 0.202 e. The Kier molecular flexibility index (Phi) is 3.79. The summed E-state index contributed by atoms with van der Waals surface area (Å²) in [5.74, 6) is -0.0170. The van der Waals surface area contributed by atoms with Crippen molar-refractivity contribution < 1.29 is 9.59 Å². The van der Waals surface area contributed by atoms with Crippen molar-refractivity contribution in [2.24, 2.45) is 15.4 Å². The minimum absolute atomic E-state index is 0.00634. The summed E-state index contributed by atoms with van der Waals surface area (Å²) in [4.78, 5) is 33.7. The van der Waals surface area contributed by atoms with E-state index in [0.717, 1.165) is 12.0 Å². The van der Waals surface area contributed by atoms with Crippen LogP contribution >= 0.6 is 0 Å². The van der Waals surface area contributed by atoms with Gasteiger partial charge in [0.1, 0.15) is 0 Å². The summed E-state index contributed by atoms with van der Waals surface area (Å²) in [5.41, 5.74) is 0.839. The molecule has 0 fully saturated rings. The van der Waals surface area contributed by atoms with Gasteiger partial charge in [0, 0.05) is 18.8 Å². The van der Waals surface area contributed by atoms with Gasteiger partial charge >= 0.3 is 0 Å². The Morgan fingerprint density at radius 2 is 1.77 bits per heavy atom. The fourth-order valence-corrected chi connectivity index (χ4v) is 3.91. The number of carbonyl (C=O) groups excluding carboxylic acids is 2. The number of rotatable bonds is 3. The molecule has 0 radical (unpaired) electrons. The highest BCUT2D eigenvalue weighted by molar-refractivity contribution is 6.48. The van der Waals surface area contributed by atoms with Crippen LogP contribution in [0.3, 0.4) is 0 Å². The van der Waals surface area contributed by atoms with Crippen LogP contribution in [0.4, 0.5) is 0 Å². The normalized spacial score (nSPS) is 29.8. The van der Waals surface area contributed by atoms with E-state index in [1.54, 1.807) is 6.92 Å². The van der Waals surface area contributed by atoms with Gasteiger partial charge in [0.15, 0.2) is 5.78 Å². The average molecular weight is 302 g/mol. The van der Waals surface area contributed by atoms with E-state index in [-0.39, 0.29) is 22.6 Å². The first kappa shape index (κ1) is 16.8. The molecule has 0 aliphatic carbocycles. The highest BCUT2D eigenvalue weighted by Gasteiger charge is 2.46. The van der Waals surface area contributed by atoms with Crippen LogP contribution in [-0.2, 0) is 9.59 Å². The Labute approximate surface area is 132 Å². The Morgan fingerprint density at radius 3 is 2.32 bits per heavy atom. The molecule has 0 spiro atoms. The summed E-state index contributed by atoms with van der Waals surface area (Å²) >= 11 is 0. The molecule has 1 unspecified atom stereocenters. The first-order valence-electron chi connectivity index (χ1n) is 7.79. The molecule has 0 amide bonds. The lowest BCUT2D eigenvalue weighted by molar-refractivity contribution is -0.112. The van der Waals surface area contributed by atoms with Crippen molar-refractivity contribution in [1.82, 2.24) is 0 Å². The molecule has 0 aromatic heterocycles. The Morgan fingerprint density at radius 1 is 1.18 bits per heavy atom. The van der Waals surface area contributed by atoms with Crippen molar-refractivity contribution in [2.75, 3.05) is 0 Å². The van der Waals surface area contributed by atoms with E-state index in [4.69, 9.17) is 0 Å². The zero-order valence-electron chi connectivity index (χ0n) is 14.7. The molecule has 120 valence electrons. The molecule has 22 heavy (non-hydrogen) atoms. The third kappa shape index (κ3) is 3.11. The standard InChI is InChI=1S/C18H26N2O2/c1-11-8-16(3,4)19-13(14(11)22)9-18(7)10-17(5,6)20-15(18)12(2)21/h8H,9-10H2,1-7H3. The van der Waals surface area contributed by atoms with Gasteiger partial charge in [0.2, 0.25) is 5.78 Å². The number of hydrogen-bond donors (Lipinski definition) is 0. The van der Waals surface area contributed by atoms with E-state index in [0.29, 0.717) is 17.8 Å². The number of carbonyl (C=O) groups is 2. The molecule has 4 heteroatoms. The molecular formula is C18H26N2O2. The van der Waals surface area contributed by atoms with Gasteiger partial charge in [0.05, 0.1) is 22.5 Å². The summed E-state index contributed by atoms with van der Waals surface area (Å²) in [7, 11) is 0. The van der Waals surface area contributed by atoms with Gasteiger partial charge in [0.25, 0.3) is 0 Å². The van der Waals surface area contributed by atoms with Crippen molar-refractivity contribution in [3.05, 3.63) is 11.6 Å². The number of allylic oxidation sites excluding steroid dienone is 1. The van der Waals surface area contributed by atoms with Crippen LogP contribution in [0, 0.1) is 5.41 Å². The number of Topliss-reactive ketones (excluding diaryl/α,β-unsaturated/α-hetero) is 2. The van der Waals surface area contributed by atoms with Gasteiger partial charge in [-0.05, 0) is 46.6 Å². The maximum absolute atomic E-state index is 12.5. The summed E-state index contributed by atoms with van der Waals surface area (Å²) < 4.78 is 0. The Bertz CT molecular complexity index is 635. The number of aliphatic imine (C=N–C) groups is 2. The Hall–Kier alpha value is -1.58. The van der Waals surface area contributed by atoms with Crippen LogP contribution in [0.5, 0.6) is 0 Å². The van der Waals surface area contributed by atoms with E-state index < -0.39 is 5.41 Å². The van der Waals surface area contributed by atoms with Crippen LogP contribution in [0.2, 0.25) is 0 Å². The average Bonchev–Trinajstić information content (AvgIpc) is 2.55. The summed E-state index contributed by atoms with van der Waals surface area (Å²) in [6.45, 7) is 13.4. The molecule has 0 aromatic carbocycles. The molecule has 2 heterocycles. The number of hydrogen-bond acceptors (Lipinski definition) is 4. The van der Waals surface area contributed by atoms with E-state index >= 15 is 0 Å². The molecule has 0 bridgehead atoms. The van der Waals surface area contributed by atoms with Crippen LogP contribution in [0.15, 0.2) is 21.6 Å². The van der Waals surface area contributed by atoms with Crippen LogP contribution in [-0.4, -0.2) is 34.1 Å². The molecular weight excluding hydrogens is 276 g/mol. The maximum Gasteiger partial charge on any atom is 0.202 e. The van der Waals surface area contributed by atoms with Crippen LogP contribution < -0.4 is 0 Å². The molecule has 0 saturated heterocycles. The van der Waals surface area contributed by atoms with E-state index in [1.807, 2.05) is 47.6 Å². The van der Waals surface area contributed by atoms with Crippen molar-refractivity contribution in [2.45, 2.75) is 72.4 Å². The minimum Gasteiger partial charge on any atom is -0.293 e. The third-order valence-corrected chi connectivity index (χ3v) is 4.31. The zero-order valence-corrected chi connectivity index (χ0v) is 14.7. The Balaban J connectivity index is 2.38. The number of nitrogens with zero attached hydrogens (tertiary/aromatic N) is 2. The molecule has 2 aliphatic heterocycles. The summed E-state index contributed by atoms with van der Waals surface area (Å²) in [6, 6.07) is 0. The molecule has 4 nitrogen and oxygen atoms in total. The monoisotopic (exact) mass is 302 g/mol. The lowest BCUT2D eigenvalue weighted by Crippen LogP contribution is -2.38. The van der Waals surface area contributed by atoms with E-state index in [9.17, 15) is 9.59 Å². The topological polar surface area (TPSA) is 58.9 Å². The van der Waals surface area contributed by atoms with Crippen LogP contribution in [0.1, 0.15) is 61.3 Å². The fourth-order valence-electron chi connectivity index (χ4n) is 3.91. The number of ketones is 2. The van der Waals surface area contributed by atoms with Crippen molar-refractivity contribution in [3.8, 4) is 0 Å². The lowest BCUT2D eigenvalue weighted by atomic mass is 9.73. The second-order valence-corrected chi connectivity index (χ2v) is 8.11. The highest BCUT2D eigenvalue weighted by Crippen LogP contribution is 2.43. The van der Waals surface area contributed by atoms with Gasteiger partial charge in [-0.2, -0.15) is 0 Å². The molecule has 0 N–H and O–H groups in total. The van der Waals surface area contributed by atoms with E-state index in [1.165, 1.54) is 0 Å². The lowest BCUT2D eigenvalue weighted by Gasteiger charge is -2.30.